The van der Waals surface area contributed by atoms with Gasteiger partial charge in [-0.25, -0.2) is 0 Å². The van der Waals surface area contributed by atoms with Gasteiger partial charge in [0.15, 0.2) is 0 Å². The molecule has 4 heteroatoms. The lowest BCUT2D eigenvalue weighted by atomic mass is 9.77. The maximum atomic E-state index is 12.0. The largest absolute Gasteiger partial charge is 0.342 e. The van der Waals surface area contributed by atoms with Gasteiger partial charge >= 0.3 is 0 Å². The molecule has 0 aromatic carbocycles. The lowest BCUT2D eigenvalue weighted by Gasteiger charge is -2.35. The van der Waals surface area contributed by atoms with Crippen molar-refractivity contribution in [2.45, 2.75) is 44.9 Å². The number of nitrogens with zero attached hydrogens (tertiary/aromatic N) is 1. The summed E-state index contributed by atoms with van der Waals surface area (Å²) in [6.45, 7) is 1.98. The van der Waals surface area contributed by atoms with Crippen LogP contribution in [-0.2, 0) is 4.79 Å². The van der Waals surface area contributed by atoms with Crippen LogP contribution in [0, 0.1) is 5.41 Å². The third-order valence-electron chi connectivity index (χ3n) is 4.29. The minimum atomic E-state index is 0.359. The molecule has 0 aromatic heterocycles. The maximum Gasteiger partial charge on any atom is 0.232 e. The molecule has 0 radical (unpaired) electrons. The zero-order valence-electron chi connectivity index (χ0n) is 11.1. The van der Waals surface area contributed by atoms with E-state index in [-0.39, 0.29) is 0 Å². The fraction of sp³-hybridized carbons (Fsp3) is 0.929. The van der Waals surface area contributed by atoms with Gasteiger partial charge in [0.05, 0.1) is 5.75 Å². The molecule has 0 bridgehead atoms. The standard InChI is InChI=1S/C14H24BrNOS/c15-11-14(6-2-1-3-7-14)12-18-10-13(17)16-8-4-5-9-16/h1-12H2. The van der Waals surface area contributed by atoms with E-state index in [4.69, 9.17) is 0 Å². The molecule has 2 aliphatic rings. The van der Waals surface area contributed by atoms with E-state index < -0.39 is 0 Å². The van der Waals surface area contributed by atoms with Crippen molar-refractivity contribution < 1.29 is 4.79 Å². The summed E-state index contributed by atoms with van der Waals surface area (Å²) in [5.41, 5.74) is 0.466. The molecule has 2 rings (SSSR count). The molecule has 18 heavy (non-hydrogen) atoms. The Morgan fingerprint density at radius 1 is 1.11 bits per heavy atom. The van der Waals surface area contributed by atoms with E-state index in [2.05, 4.69) is 15.9 Å². The molecule has 0 unspecified atom stereocenters. The minimum Gasteiger partial charge on any atom is -0.342 e. The normalized spacial score (nSPS) is 23.3. The van der Waals surface area contributed by atoms with Gasteiger partial charge in [-0.3, -0.25) is 4.79 Å². The summed E-state index contributed by atoms with van der Waals surface area (Å²) in [6.07, 6.45) is 9.19. The minimum absolute atomic E-state index is 0.359. The smallest absolute Gasteiger partial charge is 0.232 e. The van der Waals surface area contributed by atoms with Crippen molar-refractivity contribution in [1.29, 1.82) is 0 Å². The second-order valence-electron chi connectivity index (χ2n) is 5.77. The molecule has 1 saturated heterocycles. The first-order valence-electron chi connectivity index (χ1n) is 7.17. The molecule has 0 spiro atoms. The number of hydrogen-bond donors (Lipinski definition) is 0. The van der Waals surface area contributed by atoms with Gasteiger partial charge in [0.2, 0.25) is 5.91 Å². The molecule has 1 aliphatic heterocycles. The highest BCUT2D eigenvalue weighted by Gasteiger charge is 2.31. The van der Waals surface area contributed by atoms with Gasteiger partial charge in [0, 0.05) is 24.2 Å². The van der Waals surface area contributed by atoms with Gasteiger partial charge in [0.25, 0.3) is 0 Å². The van der Waals surface area contributed by atoms with Crippen molar-refractivity contribution in [2.24, 2.45) is 5.41 Å². The van der Waals surface area contributed by atoms with Crippen molar-refractivity contribution in [3.63, 3.8) is 0 Å². The van der Waals surface area contributed by atoms with Crippen molar-refractivity contribution in [3.05, 3.63) is 0 Å². The Morgan fingerprint density at radius 2 is 1.78 bits per heavy atom. The van der Waals surface area contributed by atoms with E-state index in [1.165, 1.54) is 44.9 Å². The molecule has 1 saturated carbocycles. The number of carbonyl (C=O) groups excluding carboxylic acids is 1. The van der Waals surface area contributed by atoms with Gasteiger partial charge in [-0.2, -0.15) is 11.8 Å². The molecule has 2 nitrogen and oxygen atoms in total. The average Bonchev–Trinajstić information content (AvgIpc) is 2.94. The summed E-state index contributed by atoms with van der Waals surface area (Å²) in [4.78, 5) is 14.0. The third kappa shape index (κ3) is 3.89. The molecule has 2 fully saturated rings. The summed E-state index contributed by atoms with van der Waals surface area (Å²) in [7, 11) is 0. The summed E-state index contributed by atoms with van der Waals surface area (Å²) in [5, 5.41) is 1.10. The summed E-state index contributed by atoms with van der Waals surface area (Å²) < 4.78 is 0. The molecule has 1 aliphatic carbocycles. The fourth-order valence-corrected chi connectivity index (χ4v) is 5.34. The maximum absolute atomic E-state index is 12.0. The van der Waals surface area contributed by atoms with Crippen LogP contribution in [0.1, 0.15) is 44.9 Å². The van der Waals surface area contributed by atoms with E-state index in [9.17, 15) is 4.79 Å². The first-order valence-corrected chi connectivity index (χ1v) is 9.45. The lowest BCUT2D eigenvalue weighted by molar-refractivity contribution is -0.127. The topological polar surface area (TPSA) is 20.3 Å². The highest BCUT2D eigenvalue weighted by Crippen LogP contribution is 2.40. The molecular weight excluding hydrogens is 310 g/mol. The van der Waals surface area contributed by atoms with Crippen LogP contribution in [0.15, 0.2) is 0 Å². The van der Waals surface area contributed by atoms with Gasteiger partial charge in [-0.05, 0) is 31.1 Å². The molecule has 0 aromatic rings. The zero-order valence-corrected chi connectivity index (χ0v) is 13.5. The first-order chi connectivity index (χ1) is 8.76. The average molecular weight is 334 g/mol. The number of likely N-dealkylation sites (tertiary alicyclic amines) is 1. The molecule has 1 amide bonds. The van der Waals surface area contributed by atoms with Crippen LogP contribution in [0.25, 0.3) is 0 Å². The van der Waals surface area contributed by atoms with Crippen LogP contribution in [0.4, 0.5) is 0 Å². The molecular formula is C14H24BrNOS. The van der Waals surface area contributed by atoms with E-state index in [0.717, 1.165) is 24.2 Å². The van der Waals surface area contributed by atoms with Crippen LogP contribution >= 0.6 is 27.7 Å². The second kappa shape index (κ2) is 7.18. The van der Waals surface area contributed by atoms with Crippen molar-refractivity contribution in [1.82, 2.24) is 4.90 Å². The van der Waals surface area contributed by atoms with Gasteiger partial charge in [-0.1, -0.05) is 35.2 Å². The van der Waals surface area contributed by atoms with E-state index in [1.54, 1.807) is 0 Å². The molecule has 1 heterocycles. The van der Waals surface area contributed by atoms with Crippen molar-refractivity contribution in [3.8, 4) is 0 Å². The summed E-state index contributed by atoms with van der Waals surface area (Å²) in [5.74, 6) is 2.20. The Bertz CT molecular complexity index is 273. The van der Waals surface area contributed by atoms with Crippen LogP contribution in [-0.4, -0.2) is 40.7 Å². The highest BCUT2D eigenvalue weighted by molar-refractivity contribution is 9.09. The molecule has 0 atom stereocenters. The quantitative estimate of drug-likeness (QED) is 0.715. The highest BCUT2D eigenvalue weighted by atomic mass is 79.9. The predicted octanol–water partition coefficient (Wildman–Crippen LogP) is 3.69. The van der Waals surface area contributed by atoms with Gasteiger partial charge < -0.3 is 4.90 Å². The monoisotopic (exact) mass is 333 g/mol. The van der Waals surface area contributed by atoms with E-state index >= 15 is 0 Å². The first kappa shape index (κ1) is 14.7. The van der Waals surface area contributed by atoms with Crippen molar-refractivity contribution >= 4 is 33.6 Å². The summed E-state index contributed by atoms with van der Waals surface area (Å²) in [6, 6.07) is 0. The second-order valence-corrected chi connectivity index (χ2v) is 7.32. The Balaban J connectivity index is 1.71. The van der Waals surface area contributed by atoms with Crippen LogP contribution in [0.5, 0.6) is 0 Å². The summed E-state index contributed by atoms with van der Waals surface area (Å²) >= 11 is 5.55. The third-order valence-corrected chi connectivity index (χ3v) is 6.75. The Labute approximate surface area is 123 Å². The molecule has 104 valence electrons. The Morgan fingerprint density at radius 3 is 2.39 bits per heavy atom. The van der Waals surface area contributed by atoms with Crippen molar-refractivity contribution in [2.75, 3.05) is 29.9 Å². The molecule has 0 N–H and O–H groups in total. The Kier molecular flexibility index (Phi) is 5.87. The number of thioether (sulfide) groups is 1. The number of carbonyl (C=O) groups is 1. The van der Waals surface area contributed by atoms with Crippen LogP contribution < -0.4 is 0 Å². The zero-order chi connectivity index (χ0) is 12.8. The van der Waals surface area contributed by atoms with Gasteiger partial charge in [-0.15, -0.1) is 0 Å². The fourth-order valence-electron chi connectivity index (χ4n) is 3.03. The number of amides is 1. The van der Waals surface area contributed by atoms with E-state index in [0.29, 0.717) is 17.1 Å². The lowest BCUT2D eigenvalue weighted by Crippen LogP contribution is -2.32. The number of rotatable bonds is 5. The number of hydrogen-bond acceptors (Lipinski definition) is 2. The van der Waals surface area contributed by atoms with E-state index in [1.807, 2.05) is 16.7 Å². The van der Waals surface area contributed by atoms with Crippen LogP contribution in [0.3, 0.4) is 0 Å². The number of alkyl halides is 1. The van der Waals surface area contributed by atoms with Gasteiger partial charge in [0.1, 0.15) is 0 Å². The van der Waals surface area contributed by atoms with Crippen LogP contribution in [0.2, 0.25) is 0 Å². The predicted molar refractivity (Wildman–Crippen MR) is 82.5 cm³/mol. The number of halogens is 1. The Hall–Kier alpha value is 0.300. The SMILES string of the molecule is O=C(CSCC1(CBr)CCCCC1)N1CCCC1.